The lowest BCUT2D eigenvalue weighted by Crippen LogP contribution is -2.15. The molecule has 0 saturated carbocycles. The number of nitrogens with zero attached hydrogens (tertiary/aromatic N) is 3. The fourth-order valence-electron chi connectivity index (χ4n) is 2.43. The third kappa shape index (κ3) is 2.25. The normalized spacial score (nSPS) is 11.3. The first-order chi connectivity index (χ1) is 9.25. The Morgan fingerprint density at radius 3 is 2.53 bits per heavy atom. The SMILES string of the molecule is CN(C)Cn1cc(-c2ccncc2)c2ccccc21. The molecule has 0 amide bonds. The van der Waals surface area contributed by atoms with E-state index < -0.39 is 0 Å². The minimum atomic E-state index is 0.881. The van der Waals surface area contributed by atoms with Crippen LogP contribution >= 0.6 is 0 Å². The highest BCUT2D eigenvalue weighted by Gasteiger charge is 2.09. The van der Waals surface area contributed by atoms with Gasteiger partial charge in [-0.15, -0.1) is 0 Å². The van der Waals surface area contributed by atoms with Crippen molar-refractivity contribution in [2.24, 2.45) is 0 Å². The number of hydrogen-bond acceptors (Lipinski definition) is 2. The van der Waals surface area contributed by atoms with Gasteiger partial charge in [-0.05, 0) is 37.9 Å². The van der Waals surface area contributed by atoms with Gasteiger partial charge in [-0.25, -0.2) is 0 Å². The highest BCUT2D eigenvalue weighted by Crippen LogP contribution is 2.30. The van der Waals surface area contributed by atoms with E-state index in [1.807, 2.05) is 12.4 Å². The molecule has 19 heavy (non-hydrogen) atoms. The fourth-order valence-corrected chi connectivity index (χ4v) is 2.43. The highest BCUT2D eigenvalue weighted by molar-refractivity contribution is 5.95. The van der Waals surface area contributed by atoms with Gasteiger partial charge >= 0.3 is 0 Å². The van der Waals surface area contributed by atoms with Crippen LogP contribution in [0, 0.1) is 0 Å². The van der Waals surface area contributed by atoms with E-state index in [1.165, 1.54) is 22.0 Å². The Balaban J connectivity index is 2.20. The van der Waals surface area contributed by atoms with Crippen molar-refractivity contribution in [1.29, 1.82) is 0 Å². The Kier molecular flexibility index (Phi) is 3.05. The highest BCUT2D eigenvalue weighted by atomic mass is 15.2. The van der Waals surface area contributed by atoms with Gasteiger partial charge in [-0.3, -0.25) is 9.88 Å². The van der Waals surface area contributed by atoms with E-state index in [-0.39, 0.29) is 0 Å². The smallest absolute Gasteiger partial charge is 0.0746 e. The number of hydrogen-bond donors (Lipinski definition) is 0. The van der Waals surface area contributed by atoms with Gasteiger partial charge in [-0.1, -0.05) is 18.2 Å². The molecule has 2 aromatic heterocycles. The molecule has 0 radical (unpaired) electrons. The zero-order valence-corrected chi connectivity index (χ0v) is 11.2. The van der Waals surface area contributed by atoms with Crippen LogP contribution in [0.25, 0.3) is 22.0 Å². The van der Waals surface area contributed by atoms with Gasteiger partial charge in [-0.2, -0.15) is 0 Å². The predicted octanol–water partition coefficient (Wildman–Crippen LogP) is 3.22. The van der Waals surface area contributed by atoms with Crippen molar-refractivity contribution < 1.29 is 0 Å². The van der Waals surface area contributed by atoms with Crippen LogP contribution in [0.1, 0.15) is 0 Å². The molecule has 96 valence electrons. The Hall–Kier alpha value is -2.13. The first kappa shape index (κ1) is 11.9. The van der Waals surface area contributed by atoms with Gasteiger partial charge in [0.1, 0.15) is 0 Å². The Bertz CT molecular complexity index is 684. The average Bonchev–Trinajstić information content (AvgIpc) is 2.78. The molecule has 0 N–H and O–H groups in total. The summed E-state index contributed by atoms with van der Waals surface area (Å²) >= 11 is 0. The maximum atomic E-state index is 4.09. The summed E-state index contributed by atoms with van der Waals surface area (Å²) in [6.45, 7) is 0.881. The molecule has 0 aliphatic carbocycles. The van der Waals surface area contributed by atoms with Crippen molar-refractivity contribution in [2.45, 2.75) is 6.67 Å². The molecule has 1 aromatic carbocycles. The zero-order valence-electron chi connectivity index (χ0n) is 11.2. The zero-order chi connectivity index (χ0) is 13.2. The molecular formula is C16H17N3. The van der Waals surface area contributed by atoms with Crippen LogP contribution in [-0.2, 0) is 6.67 Å². The van der Waals surface area contributed by atoms with Crippen LogP contribution in [0.15, 0.2) is 55.0 Å². The molecular weight excluding hydrogens is 234 g/mol. The predicted molar refractivity (Wildman–Crippen MR) is 78.9 cm³/mol. The lowest BCUT2D eigenvalue weighted by Gasteiger charge is -2.11. The number of aromatic nitrogens is 2. The molecule has 2 heterocycles. The van der Waals surface area contributed by atoms with Crippen molar-refractivity contribution in [3.63, 3.8) is 0 Å². The van der Waals surface area contributed by atoms with Crippen LogP contribution in [-0.4, -0.2) is 28.5 Å². The maximum absolute atomic E-state index is 4.09. The van der Waals surface area contributed by atoms with Gasteiger partial charge in [0.15, 0.2) is 0 Å². The van der Waals surface area contributed by atoms with Crippen molar-refractivity contribution in [2.75, 3.05) is 14.1 Å². The lowest BCUT2D eigenvalue weighted by atomic mass is 10.1. The Morgan fingerprint density at radius 1 is 1.05 bits per heavy atom. The summed E-state index contributed by atoms with van der Waals surface area (Å²) in [5, 5.41) is 1.29. The van der Waals surface area contributed by atoms with Crippen molar-refractivity contribution in [1.82, 2.24) is 14.5 Å². The van der Waals surface area contributed by atoms with E-state index in [1.54, 1.807) is 0 Å². The van der Waals surface area contributed by atoms with Gasteiger partial charge < -0.3 is 4.57 Å². The summed E-state index contributed by atoms with van der Waals surface area (Å²) in [4.78, 5) is 6.26. The first-order valence-electron chi connectivity index (χ1n) is 6.39. The molecule has 0 aliphatic heterocycles. The molecule has 0 saturated heterocycles. The van der Waals surface area contributed by atoms with E-state index in [4.69, 9.17) is 0 Å². The average molecular weight is 251 g/mol. The second kappa shape index (κ2) is 4.86. The molecule has 0 aliphatic rings. The first-order valence-corrected chi connectivity index (χ1v) is 6.39. The monoisotopic (exact) mass is 251 g/mol. The molecule has 0 spiro atoms. The third-order valence-corrected chi connectivity index (χ3v) is 3.22. The summed E-state index contributed by atoms with van der Waals surface area (Å²) in [6, 6.07) is 12.6. The van der Waals surface area contributed by atoms with E-state index in [2.05, 4.69) is 71.1 Å². The molecule has 3 heteroatoms. The summed E-state index contributed by atoms with van der Waals surface area (Å²) < 4.78 is 2.28. The molecule has 3 nitrogen and oxygen atoms in total. The number of benzene rings is 1. The van der Waals surface area contributed by atoms with Crippen LogP contribution in [0.2, 0.25) is 0 Å². The molecule has 3 rings (SSSR count). The van der Waals surface area contributed by atoms with Gasteiger partial charge in [0.2, 0.25) is 0 Å². The Labute approximate surface area is 113 Å². The third-order valence-electron chi connectivity index (χ3n) is 3.22. The summed E-state index contributed by atoms with van der Waals surface area (Å²) in [7, 11) is 4.17. The van der Waals surface area contributed by atoms with Crippen LogP contribution in [0.5, 0.6) is 0 Å². The van der Waals surface area contributed by atoms with Crippen LogP contribution in [0.3, 0.4) is 0 Å². The topological polar surface area (TPSA) is 21.1 Å². The van der Waals surface area contributed by atoms with Crippen molar-refractivity contribution >= 4 is 10.9 Å². The number of rotatable bonds is 3. The minimum absolute atomic E-state index is 0.881. The Morgan fingerprint density at radius 2 is 1.79 bits per heavy atom. The summed E-state index contributed by atoms with van der Waals surface area (Å²) in [6.07, 6.45) is 5.90. The standard InChI is InChI=1S/C16H17N3/c1-18(2)12-19-11-15(13-7-9-17-10-8-13)14-5-3-4-6-16(14)19/h3-11H,12H2,1-2H3. The molecule has 0 unspecified atom stereocenters. The van der Waals surface area contributed by atoms with Gasteiger partial charge in [0.25, 0.3) is 0 Å². The maximum Gasteiger partial charge on any atom is 0.0746 e. The molecule has 3 aromatic rings. The van der Waals surface area contributed by atoms with E-state index >= 15 is 0 Å². The quantitative estimate of drug-likeness (QED) is 0.712. The van der Waals surface area contributed by atoms with Crippen LogP contribution < -0.4 is 0 Å². The number of pyridine rings is 1. The summed E-state index contributed by atoms with van der Waals surface area (Å²) in [5.74, 6) is 0. The van der Waals surface area contributed by atoms with Crippen LogP contribution in [0.4, 0.5) is 0 Å². The van der Waals surface area contributed by atoms with Gasteiger partial charge in [0.05, 0.1) is 6.67 Å². The van der Waals surface area contributed by atoms with Crippen molar-refractivity contribution in [3.8, 4) is 11.1 Å². The lowest BCUT2D eigenvalue weighted by molar-refractivity contribution is 0.333. The molecule has 0 atom stereocenters. The largest absolute Gasteiger partial charge is 0.333 e. The van der Waals surface area contributed by atoms with Crippen molar-refractivity contribution in [3.05, 3.63) is 55.0 Å². The molecule has 0 bridgehead atoms. The fraction of sp³-hybridized carbons (Fsp3) is 0.188. The minimum Gasteiger partial charge on any atom is -0.333 e. The molecule has 0 fully saturated rings. The van der Waals surface area contributed by atoms with Gasteiger partial charge in [0, 0.05) is 35.1 Å². The number of fused-ring (bicyclic) bond motifs is 1. The van der Waals surface area contributed by atoms with E-state index in [0.717, 1.165) is 6.67 Å². The van der Waals surface area contributed by atoms with E-state index in [0.29, 0.717) is 0 Å². The second-order valence-corrected chi connectivity index (χ2v) is 4.99. The second-order valence-electron chi connectivity index (χ2n) is 4.99. The van der Waals surface area contributed by atoms with E-state index in [9.17, 15) is 0 Å². The number of para-hydroxylation sites is 1. The summed E-state index contributed by atoms with van der Waals surface area (Å²) in [5.41, 5.74) is 3.74.